The van der Waals surface area contributed by atoms with Crippen LogP contribution in [0.15, 0.2) is 29.3 Å². The predicted octanol–water partition coefficient (Wildman–Crippen LogP) is 3.05. The van der Waals surface area contributed by atoms with Gasteiger partial charge < -0.3 is 0 Å². The van der Waals surface area contributed by atoms with Gasteiger partial charge in [0.1, 0.15) is 6.29 Å². The van der Waals surface area contributed by atoms with Gasteiger partial charge in [-0.3, -0.25) is 9.79 Å². The van der Waals surface area contributed by atoms with Crippen molar-refractivity contribution in [1.82, 2.24) is 0 Å². The second-order valence-electron chi connectivity index (χ2n) is 1.40. The van der Waals surface area contributed by atoms with E-state index in [9.17, 15) is 4.79 Å². The van der Waals surface area contributed by atoms with Crippen molar-refractivity contribution < 1.29 is 4.79 Å². The van der Waals surface area contributed by atoms with Crippen LogP contribution in [0.5, 0.6) is 0 Å². The molecular weight excluding hydrogens is 162 g/mol. The van der Waals surface area contributed by atoms with Crippen LogP contribution in [0.1, 0.15) is 27.7 Å². The quantitative estimate of drug-likeness (QED) is 0.286. The number of aldehydes is 1. The molecule has 0 radical (unpaired) electrons. The lowest BCUT2D eigenvalue weighted by Crippen LogP contribution is -1.77. The summed E-state index contributed by atoms with van der Waals surface area (Å²) in [5, 5.41) is 0. The molecule has 0 bridgehead atoms. The van der Waals surface area contributed by atoms with Crippen molar-refractivity contribution in [3.05, 3.63) is 24.3 Å². The van der Waals surface area contributed by atoms with Crippen LogP contribution >= 0.6 is 0 Å². The zero-order valence-electron chi connectivity index (χ0n) is 9.37. The molecule has 0 aliphatic rings. The van der Waals surface area contributed by atoms with Gasteiger partial charge in [-0.1, -0.05) is 40.3 Å². The number of rotatable bonds is 3. The highest BCUT2D eigenvalue weighted by molar-refractivity contribution is 5.86. The summed E-state index contributed by atoms with van der Waals surface area (Å²) in [6.45, 7) is 11.4. The molecule has 0 spiro atoms. The SMILES string of the molecule is C=C/C(C=O)=C\C=NC.CC.CC. The third-order valence-electron chi connectivity index (χ3n) is 0.788. The van der Waals surface area contributed by atoms with E-state index in [2.05, 4.69) is 11.6 Å². The van der Waals surface area contributed by atoms with E-state index in [1.165, 1.54) is 6.08 Å². The van der Waals surface area contributed by atoms with Crippen molar-refractivity contribution in [2.24, 2.45) is 4.99 Å². The second kappa shape index (κ2) is 22.4. The summed E-state index contributed by atoms with van der Waals surface area (Å²) in [5.41, 5.74) is 0.542. The Morgan fingerprint density at radius 2 is 1.69 bits per heavy atom. The highest BCUT2D eigenvalue weighted by Gasteiger charge is 1.80. The molecule has 76 valence electrons. The molecule has 0 aliphatic heterocycles. The van der Waals surface area contributed by atoms with Crippen LogP contribution in [0.3, 0.4) is 0 Å². The molecule has 0 aromatic rings. The Hall–Kier alpha value is -1.18. The maximum atomic E-state index is 10.0. The van der Waals surface area contributed by atoms with E-state index in [0.717, 1.165) is 6.29 Å². The first kappa shape index (κ1) is 17.8. The molecule has 0 N–H and O–H groups in total. The van der Waals surface area contributed by atoms with Gasteiger partial charge >= 0.3 is 0 Å². The van der Waals surface area contributed by atoms with Gasteiger partial charge in [-0.15, -0.1) is 0 Å². The van der Waals surface area contributed by atoms with Gasteiger partial charge in [0.25, 0.3) is 0 Å². The van der Waals surface area contributed by atoms with Crippen molar-refractivity contribution in [3.8, 4) is 0 Å². The number of allylic oxidation sites excluding steroid dienone is 3. The van der Waals surface area contributed by atoms with E-state index in [0.29, 0.717) is 5.57 Å². The van der Waals surface area contributed by atoms with Crippen molar-refractivity contribution in [1.29, 1.82) is 0 Å². The summed E-state index contributed by atoms with van der Waals surface area (Å²) in [7, 11) is 1.64. The number of carbonyl (C=O) groups is 1. The lowest BCUT2D eigenvalue weighted by atomic mass is 10.3. The minimum atomic E-state index is 0.542. The Kier molecular flexibility index (Phi) is 30.7. The molecule has 0 aromatic carbocycles. The molecule has 0 aromatic heterocycles. The molecule has 0 heterocycles. The highest BCUT2D eigenvalue weighted by atomic mass is 16.1. The second-order valence-corrected chi connectivity index (χ2v) is 1.40. The Morgan fingerprint density at radius 1 is 1.23 bits per heavy atom. The van der Waals surface area contributed by atoms with Gasteiger partial charge in [-0.25, -0.2) is 0 Å². The maximum absolute atomic E-state index is 10.0. The number of carbonyl (C=O) groups excluding carboxylic acids is 1. The average molecular weight is 183 g/mol. The minimum absolute atomic E-state index is 0.542. The lowest BCUT2D eigenvalue weighted by Gasteiger charge is -1.80. The fourth-order valence-electron chi connectivity index (χ4n) is 0.316. The molecule has 13 heavy (non-hydrogen) atoms. The molecule has 0 amide bonds. The zero-order valence-corrected chi connectivity index (χ0v) is 9.37. The van der Waals surface area contributed by atoms with Crippen molar-refractivity contribution >= 4 is 12.5 Å². The van der Waals surface area contributed by atoms with Crippen molar-refractivity contribution in [3.63, 3.8) is 0 Å². The van der Waals surface area contributed by atoms with Gasteiger partial charge in [-0.05, 0) is 6.08 Å². The van der Waals surface area contributed by atoms with Gasteiger partial charge in [0, 0.05) is 18.8 Å². The summed E-state index contributed by atoms with van der Waals surface area (Å²) >= 11 is 0. The molecule has 2 heteroatoms. The smallest absolute Gasteiger partial charge is 0.150 e. The van der Waals surface area contributed by atoms with E-state index in [4.69, 9.17) is 0 Å². The summed E-state index contributed by atoms with van der Waals surface area (Å²) in [6.07, 6.45) is 5.36. The van der Waals surface area contributed by atoms with Gasteiger partial charge in [0.2, 0.25) is 0 Å². The molecule has 2 nitrogen and oxygen atoms in total. The lowest BCUT2D eigenvalue weighted by molar-refractivity contribution is -0.104. The summed E-state index contributed by atoms with van der Waals surface area (Å²) < 4.78 is 0. The largest absolute Gasteiger partial charge is 0.298 e. The monoisotopic (exact) mass is 183 g/mol. The first-order valence-corrected chi connectivity index (χ1v) is 4.55. The fraction of sp³-hybridized carbons (Fsp3) is 0.455. The standard InChI is InChI=1S/C7H9NO.2C2H6/c1-3-7(6-9)4-5-8-2;2*1-2/h3-6H,1H2,2H3;2*1-2H3/b7-4+,8-5?;;. The summed E-state index contributed by atoms with van der Waals surface area (Å²) in [4.78, 5) is 13.7. The van der Waals surface area contributed by atoms with Gasteiger partial charge in [0.05, 0.1) is 0 Å². The van der Waals surface area contributed by atoms with E-state index < -0.39 is 0 Å². The maximum Gasteiger partial charge on any atom is 0.150 e. The van der Waals surface area contributed by atoms with Crippen LogP contribution in [-0.2, 0) is 4.79 Å². The van der Waals surface area contributed by atoms with E-state index >= 15 is 0 Å². The van der Waals surface area contributed by atoms with E-state index in [-0.39, 0.29) is 0 Å². The van der Waals surface area contributed by atoms with Crippen LogP contribution in [0.4, 0.5) is 0 Å². The number of aliphatic imine (C=N–C) groups is 1. The predicted molar refractivity (Wildman–Crippen MR) is 61.5 cm³/mol. The van der Waals surface area contributed by atoms with E-state index in [1.54, 1.807) is 19.3 Å². The normalized spacial score (nSPS) is 9.15. The highest BCUT2D eigenvalue weighted by Crippen LogP contribution is 1.85. The fourth-order valence-corrected chi connectivity index (χ4v) is 0.316. The van der Waals surface area contributed by atoms with Crippen molar-refractivity contribution in [2.45, 2.75) is 27.7 Å². The topological polar surface area (TPSA) is 29.4 Å². The Labute approximate surface area is 82.1 Å². The third-order valence-corrected chi connectivity index (χ3v) is 0.788. The summed E-state index contributed by atoms with van der Waals surface area (Å²) in [5.74, 6) is 0. The Bertz CT molecular complexity index is 147. The Morgan fingerprint density at radius 3 is 1.92 bits per heavy atom. The molecular formula is C11H21NO. The number of hydrogen-bond donors (Lipinski definition) is 0. The molecule has 0 rings (SSSR count). The Balaban J connectivity index is -0.000000218. The summed E-state index contributed by atoms with van der Waals surface area (Å²) in [6, 6.07) is 0. The number of hydrogen-bond acceptors (Lipinski definition) is 2. The molecule has 0 saturated carbocycles. The molecule has 0 atom stereocenters. The van der Waals surface area contributed by atoms with Gasteiger partial charge in [0.15, 0.2) is 0 Å². The van der Waals surface area contributed by atoms with E-state index in [1.807, 2.05) is 27.7 Å². The zero-order chi connectivity index (χ0) is 11.1. The molecule has 0 fully saturated rings. The molecule has 0 unspecified atom stereocenters. The minimum Gasteiger partial charge on any atom is -0.298 e. The molecule has 0 aliphatic carbocycles. The first-order valence-electron chi connectivity index (χ1n) is 4.55. The van der Waals surface area contributed by atoms with Crippen LogP contribution in [0.25, 0.3) is 0 Å². The van der Waals surface area contributed by atoms with Crippen LogP contribution in [-0.4, -0.2) is 19.5 Å². The van der Waals surface area contributed by atoms with Crippen LogP contribution in [0.2, 0.25) is 0 Å². The van der Waals surface area contributed by atoms with Crippen LogP contribution in [0, 0.1) is 0 Å². The van der Waals surface area contributed by atoms with Gasteiger partial charge in [-0.2, -0.15) is 0 Å². The number of nitrogens with zero attached hydrogens (tertiary/aromatic N) is 1. The van der Waals surface area contributed by atoms with Crippen molar-refractivity contribution in [2.75, 3.05) is 7.05 Å². The third kappa shape index (κ3) is 18.1. The average Bonchev–Trinajstić information content (AvgIpc) is 2.25. The van der Waals surface area contributed by atoms with Crippen LogP contribution < -0.4 is 0 Å². The first-order chi connectivity index (χ1) is 6.35. The molecule has 0 saturated heterocycles.